The van der Waals surface area contributed by atoms with Crippen LogP contribution in [0.5, 0.6) is 0 Å². The lowest BCUT2D eigenvalue weighted by Gasteiger charge is -2.23. The van der Waals surface area contributed by atoms with Crippen LogP contribution in [0.15, 0.2) is 85.5 Å². The van der Waals surface area contributed by atoms with Gasteiger partial charge in [-0.25, -0.2) is 9.13 Å². The van der Waals surface area contributed by atoms with E-state index in [1.54, 1.807) is 0 Å². The molecule has 5 rings (SSSR count). The minimum absolute atomic E-state index is 0.0215. The molecule has 0 saturated carbocycles. The van der Waals surface area contributed by atoms with Crippen LogP contribution in [0.1, 0.15) is 63.8 Å². The van der Waals surface area contributed by atoms with Crippen molar-refractivity contribution in [3.8, 4) is 22.3 Å². The first-order valence-electron chi connectivity index (χ1n) is 14.4. The van der Waals surface area contributed by atoms with E-state index in [1.807, 2.05) is 0 Å². The first-order chi connectivity index (χ1) is 18.7. The summed E-state index contributed by atoms with van der Waals surface area (Å²) >= 11 is 0. The number of benzene rings is 2. The first kappa shape index (κ1) is 27.8. The quantitative estimate of drug-likeness (QED) is 0.202. The molecule has 2 nitrogen and oxygen atoms in total. The Labute approximate surface area is 240 Å². The molecule has 2 heteroatoms. The molecular weight excluding hydrogens is 484 g/mol. The Balaban J connectivity index is 2.09. The summed E-state index contributed by atoms with van der Waals surface area (Å²) in [5, 5.41) is 5.16. The summed E-state index contributed by atoms with van der Waals surface area (Å²) in [7, 11) is 4.16. The van der Waals surface area contributed by atoms with E-state index in [4.69, 9.17) is 0 Å². The number of rotatable bonds is 2. The molecule has 0 atom stereocenters. The van der Waals surface area contributed by atoms with Crippen molar-refractivity contribution in [3.63, 3.8) is 0 Å². The molecule has 0 N–H and O–H groups in total. The monoisotopic (exact) mass is 528 g/mol. The molecular formula is C38H44N2+2. The van der Waals surface area contributed by atoms with E-state index in [0.717, 1.165) is 0 Å². The Bertz CT molecular complexity index is 1630. The zero-order valence-corrected chi connectivity index (χ0v) is 26.0. The summed E-state index contributed by atoms with van der Waals surface area (Å²) < 4.78 is 4.21. The third-order valence-electron chi connectivity index (χ3n) is 8.39. The van der Waals surface area contributed by atoms with Crippen molar-refractivity contribution in [2.45, 2.75) is 66.2 Å². The lowest BCUT2D eigenvalue weighted by Crippen LogP contribution is -2.25. The molecule has 0 aliphatic rings. The third kappa shape index (κ3) is 5.32. The average molecular weight is 529 g/mol. The summed E-state index contributed by atoms with van der Waals surface area (Å²) in [5.41, 5.74) is 10.4. The molecule has 40 heavy (non-hydrogen) atoms. The van der Waals surface area contributed by atoms with Crippen LogP contribution in [0.4, 0.5) is 0 Å². The molecule has 5 aromatic rings. The molecule has 0 aliphatic carbocycles. The maximum atomic E-state index is 2.44. The number of fused-ring (bicyclic) bond motifs is 4. The Hall–Kier alpha value is -3.78. The number of aromatic nitrogens is 2. The molecule has 0 saturated heterocycles. The molecule has 4 bridgehead atoms. The SMILES string of the molecule is Cc1c2cc(C(C)(C)C)cc1c(-c1cc[n+](C)cc1)cc1cc(C(C)(C)C)cc(c(-c3cc[n+](C)cc3)c2)c1C. The normalized spacial score (nSPS) is 12.2. The van der Waals surface area contributed by atoms with Crippen LogP contribution < -0.4 is 9.13 Å². The molecule has 0 aliphatic heterocycles. The Morgan fingerprint density at radius 1 is 0.475 bits per heavy atom. The number of aryl methyl sites for hydroxylation is 4. The summed E-state index contributed by atoms with van der Waals surface area (Å²) in [4.78, 5) is 0. The van der Waals surface area contributed by atoms with Crippen LogP contribution in [0.25, 0.3) is 43.8 Å². The number of nitrogens with zero attached hydrogens (tertiary/aromatic N) is 2. The lowest BCUT2D eigenvalue weighted by atomic mass is 9.81. The topological polar surface area (TPSA) is 7.76 Å². The fourth-order valence-corrected chi connectivity index (χ4v) is 5.50. The van der Waals surface area contributed by atoms with Gasteiger partial charge in [0.25, 0.3) is 0 Å². The standard InChI is InChI=1S/C38H44N2/c1-25-29-19-31(37(3,4)5)23-33(25)35(27-11-15-39(9)16-12-27)22-30-20-32(38(6,7)8)24-34(26(30)2)36(21-29)28-13-17-40(10)18-14-28/h11-24H,1-10H3/q+2. The maximum absolute atomic E-state index is 2.44. The van der Waals surface area contributed by atoms with E-state index < -0.39 is 0 Å². The van der Waals surface area contributed by atoms with Crippen LogP contribution >= 0.6 is 0 Å². The molecule has 3 aromatic carbocycles. The van der Waals surface area contributed by atoms with Gasteiger partial charge in [0.1, 0.15) is 14.1 Å². The van der Waals surface area contributed by atoms with Crippen LogP contribution in [0.2, 0.25) is 0 Å². The summed E-state index contributed by atoms with van der Waals surface area (Å²) in [6.45, 7) is 18.5. The fourth-order valence-electron chi connectivity index (χ4n) is 5.50. The zero-order chi connectivity index (χ0) is 29.0. The molecule has 0 fully saturated rings. The molecule has 0 unspecified atom stereocenters. The summed E-state index contributed by atoms with van der Waals surface area (Å²) in [5.74, 6) is 0. The second kappa shape index (κ2) is 10.0. The molecule has 0 amide bonds. The smallest absolute Gasteiger partial charge is 0.169 e. The van der Waals surface area contributed by atoms with E-state index in [-0.39, 0.29) is 10.8 Å². The predicted molar refractivity (Wildman–Crippen MR) is 170 cm³/mol. The van der Waals surface area contributed by atoms with Gasteiger partial charge in [-0.05, 0) is 103 Å². The molecule has 2 aromatic heterocycles. The Morgan fingerprint density at radius 2 is 0.800 bits per heavy atom. The third-order valence-corrected chi connectivity index (χ3v) is 8.39. The Kier molecular flexibility index (Phi) is 6.94. The van der Waals surface area contributed by atoms with E-state index in [1.165, 1.54) is 66.1 Å². The molecule has 204 valence electrons. The minimum Gasteiger partial charge on any atom is -0.208 e. The highest BCUT2D eigenvalue weighted by molar-refractivity contribution is 5.98. The predicted octanol–water partition coefficient (Wildman–Crippen LogP) is 8.75. The van der Waals surface area contributed by atoms with Gasteiger partial charge in [-0.1, -0.05) is 65.8 Å². The van der Waals surface area contributed by atoms with Gasteiger partial charge in [0.05, 0.1) is 0 Å². The molecule has 2 heterocycles. The van der Waals surface area contributed by atoms with Crippen molar-refractivity contribution < 1.29 is 9.13 Å². The highest BCUT2D eigenvalue weighted by atomic mass is 14.9. The van der Waals surface area contributed by atoms with Crippen LogP contribution in [-0.2, 0) is 24.9 Å². The second-order valence-electron chi connectivity index (χ2n) is 13.6. The minimum atomic E-state index is 0.0215. The van der Waals surface area contributed by atoms with Crippen molar-refractivity contribution in [3.05, 3.63) is 108 Å². The highest BCUT2D eigenvalue weighted by Gasteiger charge is 2.20. The van der Waals surface area contributed by atoms with E-state index in [9.17, 15) is 0 Å². The Morgan fingerprint density at radius 3 is 1.10 bits per heavy atom. The van der Waals surface area contributed by atoms with E-state index >= 15 is 0 Å². The van der Waals surface area contributed by atoms with E-state index in [0.29, 0.717) is 0 Å². The van der Waals surface area contributed by atoms with Crippen molar-refractivity contribution in [1.82, 2.24) is 0 Å². The van der Waals surface area contributed by atoms with Gasteiger partial charge >= 0.3 is 0 Å². The second-order valence-corrected chi connectivity index (χ2v) is 13.6. The average Bonchev–Trinajstić information content (AvgIpc) is 2.87. The maximum Gasteiger partial charge on any atom is 0.169 e. The summed E-state index contributed by atoms with van der Waals surface area (Å²) in [6.07, 6.45) is 8.60. The van der Waals surface area contributed by atoms with Crippen LogP contribution in [-0.4, -0.2) is 0 Å². The van der Waals surface area contributed by atoms with Crippen molar-refractivity contribution in [2.24, 2.45) is 14.1 Å². The van der Waals surface area contributed by atoms with Crippen LogP contribution in [0.3, 0.4) is 0 Å². The highest BCUT2D eigenvalue weighted by Crippen LogP contribution is 2.39. The fraction of sp³-hybridized carbons (Fsp3) is 0.316. The van der Waals surface area contributed by atoms with Crippen molar-refractivity contribution >= 4 is 21.5 Å². The first-order valence-corrected chi connectivity index (χ1v) is 14.4. The molecule has 0 spiro atoms. The van der Waals surface area contributed by atoms with Crippen LogP contribution in [0, 0.1) is 13.8 Å². The van der Waals surface area contributed by atoms with Gasteiger partial charge < -0.3 is 0 Å². The van der Waals surface area contributed by atoms with Gasteiger partial charge in [0.15, 0.2) is 24.8 Å². The van der Waals surface area contributed by atoms with Crippen molar-refractivity contribution in [1.29, 1.82) is 0 Å². The van der Waals surface area contributed by atoms with Gasteiger partial charge in [-0.3, -0.25) is 0 Å². The zero-order valence-electron chi connectivity index (χ0n) is 26.0. The van der Waals surface area contributed by atoms with Crippen molar-refractivity contribution in [2.75, 3.05) is 0 Å². The largest absolute Gasteiger partial charge is 0.208 e. The number of pyridine rings is 2. The summed E-state index contributed by atoms with van der Waals surface area (Å²) in [6, 6.07) is 23.5. The van der Waals surface area contributed by atoms with Gasteiger partial charge in [-0.15, -0.1) is 0 Å². The van der Waals surface area contributed by atoms with E-state index in [2.05, 4.69) is 164 Å². The lowest BCUT2D eigenvalue weighted by molar-refractivity contribution is -0.671. The van der Waals surface area contributed by atoms with Gasteiger partial charge in [0.2, 0.25) is 0 Å². The van der Waals surface area contributed by atoms with Gasteiger partial charge in [-0.2, -0.15) is 0 Å². The van der Waals surface area contributed by atoms with Gasteiger partial charge in [0, 0.05) is 24.3 Å². The number of hydrogen-bond donors (Lipinski definition) is 0. The molecule has 0 radical (unpaired) electrons. The number of hydrogen-bond acceptors (Lipinski definition) is 0.